The van der Waals surface area contributed by atoms with Gasteiger partial charge in [-0.1, -0.05) is 18.2 Å². The zero-order valence-electron chi connectivity index (χ0n) is 8.77. The molecule has 0 fully saturated rings. The SMILES string of the molecule is Cc1cccc(-c2cccc(F)c2C=O)n1. The molecule has 0 radical (unpaired) electrons. The van der Waals surface area contributed by atoms with Gasteiger partial charge in [0.1, 0.15) is 5.82 Å². The molecule has 2 nitrogen and oxygen atoms in total. The predicted molar refractivity (Wildman–Crippen MR) is 59.8 cm³/mol. The van der Waals surface area contributed by atoms with Crippen LogP contribution in [0.2, 0.25) is 0 Å². The molecule has 1 aromatic carbocycles. The lowest BCUT2D eigenvalue weighted by Crippen LogP contribution is -1.94. The molecular formula is C13H10FNO. The van der Waals surface area contributed by atoms with Gasteiger partial charge in [-0.15, -0.1) is 0 Å². The van der Waals surface area contributed by atoms with Gasteiger partial charge in [-0.2, -0.15) is 0 Å². The Kier molecular flexibility index (Phi) is 2.77. The second kappa shape index (κ2) is 4.23. The minimum Gasteiger partial charge on any atom is -0.298 e. The van der Waals surface area contributed by atoms with Gasteiger partial charge in [0.25, 0.3) is 0 Å². The highest BCUT2D eigenvalue weighted by Crippen LogP contribution is 2.22. The quantitative estimate of drug-likeness (QED) is 0.721. The third kappa shape index (κ3) is 1.84. The molecule has 2 rings (SSSR count). The fourth-order valence-corrected chi connectivity index (χ4v) is 1.57. The fourth-order valence-electron chi connectivity index (χ4n) is 1.57. The van der Waals surface area contributed by atoms with Crippen LogP contribution in [0.3, 0.4) is 0 Å². The fraction of sp³-hybridized carbons (Fsp3) is 0.0769. The van der Waals surface area contributed by atoms with Crippen LogP contribution in [-0.4, -0.2) is 11.3 Å². The van der Waals surface area contributed by atoms with E-state index in [0.29, 0.717) is 17.5 Å². The summed E-state index contributed by atoms with van der Waals surface area (Å²) < 4.78 is 13.4. The normalized spacial score (nSPS) is 10.1. The van der Waals surface area contributed by atoms with Crippen molar-refractivity contribution in [2.75, 3.05) is 0 Å². The van der Waals surface area contributed by atoms with Gasteiger partial charge in [-0.05, 0) is 25.1 Å². The molecule has 2 aromatic rings. The van der Waals surface area contributed by atoms with E-state index in [1.165, 1.54) is 6.07 Å². The monoisotopic (exact) mass is 215 g/mol. The molecule has 1 aromatic heterocycles. The molecule has 0 atom stereocenters. The van der Waals surface area contributed by atoms with Gasteiger partial charge in [0.05, 0.1) is 11.3 Å². The molecule has 0 aliphatic heterocycles. The van der Waals surface area contributed by atoms with Crippen molar-refractivity contribution in [2.45, 2.75) is 6.92 Å². The van der Waals surface area contributed by atoms with Crippen LogP contribution in [0.25, 0.3) is 11.3 Å². The Morgan fingerprint density at radius 2 is 1.94 bits per heavy atom. The summed E-state index contributed by atoms with van der Waals surface area (Å²) in [5.41, 5.74) is 2.03. The number of halogens is 1. The zero-order chi connectivity index (χ0) is 11.5. The Labute approximate surface area is 92.8 Å². The third-order valence-corrected chi connectivity index (χ3v) is 2.34. The molecule has 0 spiro atoms. The highest BCUT2D eigenvalue weighted by Gasteiger charge is 2.09. The standard InChI is InChI=1S/C13H10FNO/c1-9-4-2-7-13(15-9)10-5-3-6-12(14)11(10)8-16/h2-8H,1H3. The van der Waals surface area contributed by atoms with E-state index in [-0.39, 0.29) is 5.56 Å². The number of aromatic nitrogens is 1. The van der Waals surface area contributed by atoms with Gasteiger partial charge < -0.3 is 0 Å². The smallest absolute Gasteiger partial charge is 0.153 e. The van der Waals surface area contributed by atoms with Gasteiger partial charge in [0, 0.05) is 11.3 Å². The molecule has 1 heterocycles. The predicted octanol–water partition coefficient (Wildman–Crippen LogP) is 3.01. The van der Waals surface area contributed by atoms with Crippen molar-refractivity contribution in [3.63, 3.8) is 0 Å². The summed E-state index contributed by atoms with van der Waals surface area (Å²) in [5, 5.41) is 0. The maximum atomic E-state index is 13.4. The summed E-state index contributed by atoms with van der Waals surface area (Å²) in [4.78, 5) is 15.1. The summed E-state index contributed by atoms with van der Waals surface area (Å²) in [6.45, 7) is 1.85. The Bertz CT molecular complexity index is 537. The van der Waals surface area contributed by atoms with Crippen LogP contribution in [0.5, 0.6) is 0 Å². The largest absolute Gasteiger partial charge is 0.298 e. The van der Waals surface area contributed by atoms with E-state index in [4.69, 9.17) is 0 Å². The number of aldehydes is 1. The van der Waals surface area contributed by atoms with Crippen LogP contribution in [0.15, 0.2) is 36.4 Å². The maximum absolute atomic E-state index is 13.4. The third-order valence-electron chi connectivity index (χ3n) is 2.34. The van der Waals surface area contributed by atoms with E-state index in [9.17, 15) is 9.18 Å². The van der Waals surface area contributed by atoms with E-state index in [1.54, 1.807) is 18.2 Å². The molecule has 0 amide bonds. The highest BCUT2D eigenvalue weighted by molar-refractivity contribution is 5.86. The number of nitrogens with zero attached hydrogens (tertiary/aromatic N) is 1. The van der Waals surface area contributed by atoms with Crippen molar-refractivity contribution in [1.82, 2.24) is 4.98 Å². The number of carbonyl (C=O) groups is 1. The minimum atomic E-state index is -0.518. The Balaban J connectivity index is 2.64. The molecular weight excluding hydrogens is 205 g/mol. The van der Waals surface area contributed by atoms with Crippen LogP contribution >= 0.6 is 0 Å². The lowest BCUT2D eigenvalue weighted by Gasteiger charge is -2.05. The minimum absolute atomic E-state index is 0.0561. The molecule has 80 valence electrons. The first-order valence-electron chi connectivity index (χ1n) is 4.90. The first-order valence-corrected chi connectivity index (χ1v) is 4.90. The van der Waals surface area contributed by atoms with E-state index >= 15 is 0 Å². The Morgan fingerprint density at radius 3 is 2.62 bits per heavy atom. The first kappa shape index (κ1) is 10.5. The number of carbonyl (C=O) groups excluding carboxylic acids is 1. The molecule has 0 unspecified atom stereocenters. The van der Waals surface area contributed by atoms with Crippen LogP contribution in [0, 0.1) is 12.7 Å². The van der Waals surface area contributed by atoms with Crippen molar-refractivity contribution < 1.29 is 9.18 Å². The topological polar surface area (TPSA) is 30.0 Å². The molecule has 0 saturated heterocycles. The van der Waals surface area contributed by atoms with Crippen molar-refractivity contribution in [3.05, 3.63) is 53.5 Å². The molecule has 0 N–H and O–H groups in total. The van der Waals surface area contributed by atoms with E-state index in [1.807, 2.05) is 19.1 Å². The van der Waals surface area contributed by atoms with Crippen LogP contribution in [0.4, 0.5) is 4.39 Å². The van der Waals surface area contributed by atoms with E-state index in [2.05, 4.69) is 4.98 Å². The van der Waals surface area contributed by atoms with Crippen molar-refractivity contribution in [3.8, 4) is 11.3 Å². The average molecular weight is 215 g/mol. The van der Waals surface area contributed by atoms with Crippen molar-refractivity contribution >= 4 is 6.29 Å². The number of aryl methyl sites for hydroxylation is 1. The zero-order valence-corrected chi connectivity index (χ0v) is 8.77. The van der Waals surface area contributed by atoms with Gasteiger partial charge >= 0.3 is 0 Å². The lowest BCUT2D eigenvalue weighted by atomic mass is 10.0. The highest BCUT2D eigenvalue weighted by atomic mass is 19.1. The Hall–Kier alpha value is -2.03. The first-order chi connectivity index (χ1) is 7.72. The Morgan fingerprint density at radius 1 is 1.19 bits per heavy atom. The number of hydrogen-bond donors (Lipinski definition) is 0. The van der Waals surface area contributed by atoms with Gasteiger partial charge in [0.2, 0.25) is 0 Å². The molecule has 0 bridgehead atoms. The van der Waals surface area contributed by atoms with Crippen molar-refractivity contribution in [2.24, 2.45) is 0 Å². The van der Waals surface area contributed by atoms with Gasteiger partial charge in [-0.3, -0.25) is 9.78 Å². The number of hydrogen-bond acceptors (Lipinski definition) is 2. The summed E-state index contributed by atoms with van der Waals surface area (Å²) in [6, 6.07) is 9.97. The second-order valence-corrected chi connectivity index (χ2v) is 3.48. The number of pyridine rings is 1. The molecule has 0 saturated carbocycles. The molecule has 16 heavy (non-hydrogen) atoms. The van der Waals surface area contributed by atoms with Crippen LogP contribution in [-0.2, 0) is 0 Å². The van der Waals surface area contributed by atoms with E-state index in [0.717, 1.165) is 5.69 Å². The molecule has 0 aliphatic rings. The summed E-state index contributed by atoms with van der Waals surface area (Å²) in [6.07, 6.45) is 0.522. The average Bonchev–Trinajstić information content (AvgIpc) is 2.28. The van der Waals surface area contributed by atoms with Gasteiger partial charge in [-0.25, -0.2) is 4.39 Å². The van der Waals surface area contributed by atoms with Gasteiger partial charge in [0.15, 0.2) is 6.29 Å². The maximum Gasteiger partial charge on any atom is 0.153 e. The van der Waals surface area contributed by atoms with Crippen LogP contribution in [0.1, 0.15) is 16.1 Å². The lowest BCUT2D eigenvalue weighted by molar-refractivity contribution is 0.112. The summed E-state index contributed by atoms with van der Waals surface area (Å²) >= 11 is 0. The van der Waals surface area contributed by atoms with E-state index < -0.39 is 5.82 Å². The number of benzene rings is 1. The number of rotatable bonds is 2. The summed E-state index contributed by atoms with van der Waals surface area (Å²) in [7, 11) is 0. The second-order valence-electron chi connectivity index (χ2n) is 3.48. The molecule has 3 heteroatoms. The molecule has 0 aliphatic carbocycles. The van der Waals surface area contributed by atoms with Crippen LogP contribution < -0.4 is 0 Å². The summed E-state index contributed by atoms with van der Waals surface area (Å²) in [5.74, 6) is -0.518. The van der Waals surface area contributed by atoms with Crippen molar-refractivity contribution in [1.29, 1.82) is 0 Å².